The third kappa shape index (κ3) is 5.71. The van der Waals surface area contributed by atoms with Crippen molar-refractivity contribution in [3.05, 3.63) is 82.9 Å². The highest BCUT2D eigenvalue weighted by atomic mass is 35.5. The van der Waals surface area contributed by atoms with E-state index in [1.165, 1.54) is 12.1 Å². The molecule has 170 valence electrons. The summed E-state index contributed by atoms with van der Waals surface area (Å²) in [7, 11) is -3.90. The zero-order valence-corrected chi connectivity index (χ0v) is 19.3. The predicted octanol–water partition coefficient (Wildman–Crippen LogP) is 5.05. The zero-order chi connectivity index (χ0) is 23.6. The van der Waals surface area contributed by atoms with Gasteiger partial charge in [-0.2, -0.15) is 0 Å². The van der Waals surface area contributed by atoms with Crippen LogP contribution in [0.1, 0.15) is 28.8 Å². The second-order valence-electron chi connectivity index (χ2n) is 7.89. The van der Waals surface area contributed by atoms with E-state index in [9.17, 15) is 18.0 Å². The van der Waals surface area contributed by atoms with E-state index in [1.807, 2.05) is 0 Å². The number of hydrogen-bond acceptors (Lipinski definition) is 4. The smallest absolute Gasteiger partial charge is 0.262 e. The maximum absolute atomic E-state index is 12.9. The summed E-state index contributed by atoms with van der Waals surface area (Å²) in [4.78, 5) is 24.6. The van der Waals surface area contributed by atoms with Crippen LogP contribution in [0.2, 0.25) is 5.02 Å². The molecule has 0 spiro atoms. The van der Waals surface area contributed by atoms with E-state index in [1.54, 1.807) is 61.5 Å². The maximum Gasteiger partial charge on any atom is 0.262 e. The van der Waals surface area contributed by atoms with Crippen molar-refractivity contribution in [3.63, 3.8) is 0 Å². The number of sulfonamides is 1. The summed E-state index contributed by atoms with van der Waals surface area (Å²) in [5, 5.41) is 5.95. The summed E-state index contributed by atoms with van der Waals surface area (Å²) in [6.07, 6.45) is 1.82. The second kappa shape index (κ2) is 9.25. The number of carbonyl (C=O) groups excluding carboxylic acids is 2. The van der Waals surface area contributed by atoms with Crippen molar-refractivity contribution in [1.82, 2.24) is 0 Å². The highest BCUT2D eigenvalue weighted by molar-refractivity contribution is 7.92. The van der Waals surface area contributed by atoms with E-state index in [-0.39, 0.29) is 16.7 Å². The molecule has 0 heterocycles. The van der Waals surface area contributed by atoms with Gasteiger partial charge in [-0.3, -0.25) is 14.3 Å². The molecule has 3 aromatic rings. The number of halogens is 1. The molecule has 0 bridgehead atoms. The number of rotatable bonds is 7. The quantitative estimate of drug-likeness (QED) is 0.437. The van der Waals surface area contributed by atoms with Crippen LogP contribution in [0.4, 0.5) is 17.1 Å². The Hall–Kier alpha value is -3.36. The number of anilines is 3. The van der Waals surface area contributed by atoms with Crippen molar-refractivity contribution in [2.45, 2.75) is 24.7 Å². The van der Waals surface area contributed by atoms with Crippen LogP contribution in [0.25, 0.3) is 0 Å². The largest absolute Gasteiger partial charge is 0.326 e. The van der Waals surface area contributed by atoms with E-state index in [0.717, 1.165) is 12.8 Å². The monoisotopic (exact) mass is 483 g/mol. The molecule has 7 nitrogen and oxygen atoms in total. The number of hydrogen-bond donors (Lipinski definition) is 3. The lowest BCUT2D eigenvalue weighted by Gasteiger charge is -2.13. The second-order valence-corrected chi connectivity index (χ2v) is 9.98. The lowest BCUT2D eigenvalue weighted by molar-refractivity contribution is -0.117. The molecular formula is C24H22ClN3O4S. The predicted molar refractivity (Wildman–Crippen MR) is 129 cm³/mol. The van der Waals surface area contributed by atoms with Gasteiger partial charge in [-0.1, -0.05) is 23.7 Å². The molecule has 3 N–H and O–H groups in total. The molecule has 0 radical (unpaired) electrons. The lowest BCUT2D eigenvalue weighted by Crippen LogP contribution is -2.16. The molecular weight excluding hydrogens is 462 g/mol. The Labute approximate surface area is 197 Å². The van der Waals surface area contributed by atoms with E-state index in [4.69, 9.17) is 11.6 Å². The summed E-state index contributed by atoms with van der Waals surface area (Å²) in [5.41, 5.74) is 2.20. The van der Waals surface area contributed by atoms with Crippen molar-refractivity contribution in [2.75, 3.05) is 15.4 Å². The van der Waals surface area contributed by atoms with Crippen LogP contribution in [0.15, 0.2) is 71.6 Å². The van der Waals surface area contributed by atoms with Crippen molar-refractivity contribution in [3.8, 4) is 0 Å². The molecule has 0 aromatic heterocycles. The van der Waals surface area contributed by atoms with Crippen LogP contribution in [0, 0.1) is 12.8 Å². The normalized spacial score (nSPS) is 13.3. The van der Waals surface area contributed by atoms with Crippen LogP contribution in [-0.2, 0) is 14.8 Å². The summed E-state index contributed by atoms with van der Waals surface area (Å²) >= 11 is 5.94. The Balaban J connectivity index is 1.48. The van der Waals surface area contributed by atoms with Gasteiger partial charge in [0.1, 0.15) is 0 Å². The van der Waals surface area contributed by atoms with Crippen LogP contribution in [-0.4, -0.2) is 20.2 Å². The zero-order valence-electron chi connectivity index (χ0n) is 17.8. The summed E-state index contributed by atoms with van der Waals surface area (Å²) in [6, 6.07) is 17.6. The molecule has 3 aromatic carbocycles. The van der Waals surface area contributed by atoms with Crippen molar-refractivity contribution in [2.24, 2.45) is 5.92 Å². The van der Waals surface area contributed by atoms with Gasteiger partial charge in [-0.05, 0) is 79.9 Å². The SMILES string of the molecule is Cc1ccc(NC(=O)c2ccc(NC(=O)C3CC3)cc2)cc1S(=O)(=O)Nc1cccc(Cl)c1. The van der Waals surface area contributed by atoms with Gasteiger partial charge in [-0.25, -0.2) is 8.42 Å². The average Bonchev–Trinajstić information content (AvgIpc) is 3.61. The molecule has 0 unspecified atom stereocenters. The average molecular weight is 484 g/mol. The van der Waals surface area contributed by atoms with Crippen molar-refractivity contribution >= 4 is 50.5 Å². The van der Waals surface area contributed by atoms with Crippen molar-refractivity contribution < 1.29 is 18.0 Å². The van der Waals surface area contributed by atoms with Gasteiger partial charge in [-0.15, -0.1) is 0 Å². The highest BCUT2D eigenvalue weighted by Crippen LogP contribution is 2.30. The van der Waals surface area contributed by atoms with Gasteiger partial charge >= 0.3 is 0 Å². The Morgan fingerprint density at radius 1 is 0.879 bits per heavy atom. The first-order valence-electron chi connectivity index (χ1n) is 10.3. The molecule has 1 aliphatic rings. The summed E-state index contributed by atoms with van der Waals surface area (Å²) in [5.74, 6) is -0.314. The molecule has 33 heavy (non-hydrogen) atoms. The molecule has 2 amide bonds. The molecule has 1 aliphatic carbocycles. The molecule has 1 fully saturated rings. The summed E-state index contributed by atoms with van der Waals surface area (Å²) < 4.78 is 28.3. The third-order valence-corrected chi connectivity index (χ3v) is 6.93. The first kappa shape index (κ1) is 22.8. The number of carbonyl (C=O) groups is 2. The van der Waals surface area contributed by atoms with Crippen LogP contribution < -0.4 is 15.4 Å². The number of amides is 2. The highest BCUT2D eigenvalue weighted by Gasteiger charge is 2.29. The minimum atomic E-state index is -3.90. The van der Waals surface area contributed by atoms with E-state index >= 15 is 0 Å². The fourth-order valence-electron chi connectivity index (χ4n) is 3.23. The minimum Gasteiger partial charge on any atom is -0.326 e. The van der Waals surface area contributed by atoms with Gasteiger partial charge in [0.25, 0.3) is 15.9 Å². The van der Waals surface area contributed by atoms with E-state index in [0.29, 0.717) is 33.2 Å². The van der Waals surface area contributed by atoms with Gasteiger partial charge < -0.3 is 10.6 Å². The molecule has 0 atom stereocenters. The molecule has 4 rings (SSSR count). The standard InChI is InChI=1S/C24H22ClN3O4S/c1-15-5-10-20(14-22(15)33(31,32)28-21-4-2-3-18(25)13-21)27-24(30)17-8-11-19(12-9-17)26-23(29)16-6-7-16/h2-5,8-14,16,28H,6-7H2,1H3,(H,26,29)(H,27,30). The Morgan fingerprint density at radius 2 is 1.58 bits per heavy atom. The first-order chi connectivity index (χ1) is 15.7. The number of aryl methyl sites for hydroxylation is 1. The van der Waals surface area contributed by atoms with Crippen LogP contribution in [0.5, 0.6) is 0 Å². The number of nitrogens with one attached hydrogen (secondary N) is 3. The Morgan fingerprint density at radius 3 is 2.24 bits per heavy atom. The maximum atomic E-state index is 12.9. The van der Waals surface area contributed by atoms with Gasteiger partial charge in [0.05, 0.1) is 10.6 Å². The Kier molecular flexibility index (Phi) is 6.40. The Bertz CT molecular complexity index is 1320. The molecule has 9 heteroatoms. The summed E-state index contributed by atoms with van der Waals surface area (Å²) in [6.45, 7) is 1.67. The van der Waals surface area contributed by atoms with Crippen molar-refractivity contribution in [1.29, 1.82) is 0 Å². The molecule has 0 saturated heterocycles. The van der Waals surface area contributed by atoms with Gasteiger partial charge in [0.15, 0.2) is 0 Å². The minimum absolute atomic E-state index is 0.00743. The first-order valence-corrected chi connectivity index (χ1v) is 12.2. The molecule has 0 aliphatic heterocycles. The lowest BCUT2D eigenvalue weighted by atomic mass is 10.1. The van der Waals surface area contributed by atoms with E-state index in [2.05, 4.69) is 15.4 Å². The van der Waals surface area contributed by atoms with Crippen LogP contribution >= 0.6 is 11.6 Å². The van der Waals surface area contributed by atoms with Gasteiger partial charge in [0, 0.05) is 27.9 Å². The van der Waals surface area contributed by atoms with E-state index < -0.39 is 15.9 Å². The van der Waals surface area contributed by atoms with Gasteiger partial charge in [0.2, 0.25) is 5.91 Å². The third-order valence-electron chi connectivity index (χ3n) is 5.18. The number of benzene rings is 3. The van der Waals surface area contributed by atoms with Crippen LogP contribution in [0.3, 0.4) is 0 Å². The fraction of sp³-hybridized carbons (Fsp3) is 0.167. The topological polar surface area (TPSA) is 104 Å². The molecule has 1 saturated carbocycles. The fourth-order valence-corrected chi connectivity index (χ4v) is 4.74.